The first kappa shape index (κ1) is 26.2. The zero-order valence-electron chi connectivity index (χ0n) is 22.3. The Balaban J connectivity index is 2.47. The van der Waals surface area contributed by atoms with E-state index in [0.29, 0.717) is 33.2 Å². The smallest absolute Gasteiger partial charge is 0.258 e. The summed E-state index contributed by atoms with van der Waals surface area (Å²) in [4.78, 5) is 0. The maximum Gasteiger partial charge on any atom is 0.258 e. The second kappa shape index (κ2) is 9.86. The molecule has 1 aliphatic carbocycles. The van der Waals surface area contributed by atoms with Gasteiger partial charge in [-0.05, 0) is 51.8 Å². The van der Waals surface area contributed by atoms with Crippen molar-refractivity contribution in [2.45, 2.75) is 123 Å². The summed E-state index contributed by atoms with van der Waals surface area (Å²) in [5.74, 6) is 2.20. The van der Waals surface area contributed by atoms with E-state index in [9.17, 15) is 0 Å². The Hall–Kier alpha value is -1.01. The van der Waals surface area contributed by atoms with Crippen molar-refractivity contribution in [3.05, 3.63) is 35.4 Å². The summed E-state index contributed by atoms with van der Waals surface area (Å²) < 4.78 is 14.2. The fourth-order valence-corrected chi connectivity index (χ4v) is 17.2. The van der Waals surface area contributed by atoms with E-state index in [-0.39, 0.29) is 0 Å². The van der Waals surface area contributed by atoms with Crippen LogP contribution in [0.5, 0.6) is 5.75 Å². The molecule has 1 aromatic rings. The molecular formula is C27H48O2Si2. The van der Waals surface area contributed by atoms with Crippen LogP contribution < -0.4 is 4.43 Å². The molecule has 0 unspecified atom stereocenters. The Kier molecular flexibility index (Phi) is 8.35. The Morgan fingerprint density at radius 2 is 1.03 bits per heavy atom. The van der Waals surface area contributed by atoms with Crippen molar-refractivity contribution in [2.24, 2.45) is 0 Å². The Morgan fingerprint density at radius 3 is 1.45 bits per heavy atom. The van der Waals surface area contributed by atoms with Gasteiger partial charge in [0.05, 0.1) is 0 Å². The van der Waals surface area contributed by atoms with Gasteiger partial charge in [0.25, 0.3) is 16.6 Å². The minimum atomic E-state index is -1.99. The summed E-state index contributed by atoms with van der Waals surface area (Å²) in [5.41, 5.74) is 5.99. The average molecular weight is 461 g/mol. The largest absolute Gasteiger partial charge is 0.542 e. The molecule has 0 spiro atoms. The molecule has 176 valence electrons. The molecular weight excluding hydrogens is 412 g/mol. The van der Waals surface area contributed by atoms with E-state index in [4.69, 9.17) is 8.85 Å². The molecule has 0 radical (unpaired) electrons. The molecule has 0 saturated heterocycles. The van der Waals surface area contributed by atoms with Gasteiger partial charge in [0.1, 0.15) is 11.5 Å². The highest BCUT2D eigenvalue weighted by Gasteiger charge is 2.49. The average Bonchev–Trinajstić information content (AvgIpc) is 3.05. The molecule has 0 heterocycles. The second-order valence-electron chi connectivity index (χ2n) is 11.4. The van der Waals surface area contributed by atoms with Crippen molar-refractivity contribution in [1.29, 1.82) is 0 Å². The lowest BCUT2D eigenvalue weighted by molar-refractivity contribution is 0.444. The number of rotatable bonds is 10. The van der Waals surface area contributed by atoms with Crippen LogP contribution in [0.25, 0.3) is 5.76 Å². The molecule has 4 heteroatoms. The van der Waals surface area contributed by atoms with Crippen LogP contribution in [0.15, 0.2) is 24.3 Å². The van der Waals surface area contributed by atoms with Gasteiger partial charge in [-0.2, -0.15) is 0 Å². The number of hydrogen-bond acceptors (Lipinski definition) is 2. The molecule has 0 aliphatic heterocycles. The predicted octanol–water partition coefficient (Wildman–Crippen LogP) is 9.33. The monoisotopic (exact) mass is 460 g/mol. The quantitative estimate of drug-likeness (QED) is 0.324. The molecule has 1 aliphatic rings. The van der Waals surface area contributed by atoms with E-state index in [1.54, 1.807) is 0 Å². The van der Waals surface area contributed by atoms with E-state index >= 15 is 0 Å². The first-order chi connectivity index (χ1) is 14.3. The molecule has 0 N–H and O–H groups in total. The SMILES string of the molecule is CC(C)[Si](OC1=CCc2c(O[Si](C(C)C)(C(C)C)C(C)C)cccc21)(C(C)C)C(C)C. The van der Waals surface area contributed by atoms with Crippen LogP contribution in [-0.2, 0) is 10.8 Å². The molecule has 31 heavy (non-hydrogen) atoms. The highest BCUT2D eigenvalue weighted by Crippen LogP contribution is 2.48. The third-order valence-electron chi connectivity index (χ3n) is 7.88. The zero-order chi connectivity index (χ0) is 23.7. The van der Waals surface area contributed by atoms with Gasteiger partial charge in [0.15, 0.2) is 0 Å². The van der Waals surface area contributed by atoms with Gasteiger partial charge in [-0.3, -0.25) is 0 Å². The summed E-state index contributed by atoms with van der Waals surface area (Å²) in [6.07, 6.45) is 3.23. The highest BCUT2D eigenvalue weighted by atomic mass is 28.4. The molecule has 0 bridgehead atoms. The van der Waals surface area contributed by atoms with E-state index in [0.717, 1.165) is 17.9 Å². The van der Waals surface area contributed by atoms with Crippen LogP contribution in [0, 0.1) is 0 Å². The van der Waals surface area contributed by atoms with Crippen molar-refractivity contribution in [2.75, 3.05) is 0 Å². The van der Waals surface area contributed by atoms with Crippen LogP contribution in [0.3, 0.4) is 0 Å². The van der Waals surface area contributed by atoms with Gasteiger partial charge in [-0.15, -0.1) is 0 Å². The van der Waals surface area contributed by atoms with Crippen LogP contribution in [0.4, 0.5) is 0 Å². The number of allylic oxidation sites excluding steroid dienone is 1. The van der Waals surface area contributed by atoms with E-state index in [1.165, 1.54) is 11.1 Å². The second-order valence-corrected chi connectivity index (χ2v) is 22.1. The summed E-state index contributed by atoms with van der Waals surface area (Å²) in [7, 11) is -3.97. The lowest BCUT2D eigenvalue weighted by Crippen LogP contribution is -2.50. The minimum absolute atomic E-state index is 0.566. The zero-order valence-corrected chi connectivity index (χ0v) is 24.3. The summed E-state index contributed by atoms with van der Waals surface area (Å²) >= 11 is 0. The molecule has 2 rings (SSSR count). The Labute approximate surface area is 195 Å². The fourth-order valence-electron chi connectivity index (χ4n) is 6.59. The Bertz CT molecular complexity index is 732. The highest BCUT2D eigenvalue weighted by molar-refractivity contribution is 6.78. The maximum absolute atomic E-state index is 7.11. The summed E-state index contributed by atoms with van der Waals surface area (Å²) in [5, 5.41) is 0. The molecule has 1 aromatic carbocycles. The standard InChI is InChI=1S/C27H48O2Si2/c1-18(2)30(19(3)4,20(5)6)28-26-15-13-14-24-25(26)16-17-27(24)29-31(21(7)8,22(9)10)23(11)12/h13-15,17-23H,16H2,1-12H3. The lowest BCUT2D eigenvalue weighted by Gasteiger charge is -2.43. The van der Waals surface area contributed by atoms with Gasteiger partial charge in [0.2, 0.25) is 0 Å². The topological polar surface area (TPSA) is 18.5 Å². The fraction of sp³-hybridized carbons (Fsp3) is 0.704. The van der Waals surface area contributed by atoms with Crippen molar-refractivity contribution in [1.82, 2.24) is 0 Å². The predicted molar refractivity (Wildman–Crippen MR) is 142 cm³/mol. The number of fused-ring (bicyclic) bond motifs is 1. The maximum atomic E-state index is 7.11. The van der Waals surface area contributed by atoms with Crippen LogP contribution in [0.1, 0.15) is 94.2 Å². The van der Waals surface area contributed by atoms with E-state index in [1.807, 2.05) is 0 Å². The van der Waals surface area contributed by atoms with Crippen molar-refractivity contribution in [3.8, 4) is 5.75 Å². The van der Waals surface area contributed by atoms with Crippen molar-refractivity contribution >= 4 is 22.4 Å². The van der Waals surface area contributed by atoms with Gasteiger partial charge < -0.3 is 8.85 Å². The lowest BCUT2D eigenvalue weighted by atomic mass is 10.1. The first-order valence-corrected chi connectivity index (χ1v) is 16.8. The van der Waals surface area contributed by atoms with Gasteiger partial charge in [-0.25, -0.2) is 0 Å². The molecule has 0 amide bonds. The number of hydrogen-bond donors (Lipinski definition) is 0. The Morgan fingerprint density at radius 1 is 0.613 bits per heavy atom. The number of benzene rings is 1. The minimum Gasteiger partial charge on any atom is -0.542 e. The third-order valence-corrected chi connectivity index (χ3v) is 19.9. The van der Waals surface area contributed by atoms with Crippen LogP contribution in [0.2, 0.25) is 33.2 Å². The van der Waals surface area contributed by atoms with Crippen LogP contribution >= 0.6 is 0 Å². The first-order valence-electron chi connectivity index (χ1n) is 12.5. The molecule has 2 nitrogen and oxygen atoms in total. The molecule has 0 fully saturated rings. The molecule has 0 aromatic heterocycles. The van der Waals surface area contributed by atoms with Gasteiger partial charge >= 0.3 is 0 Å². The summed E-state index contributed by atoms with van der Waals surface area (Å²) in [6, 6.07) is 6.60. The van der Waals surface area contributed by atoms with Gasteiger partial charge in [0, 0.05) is 11.1 Å². The van der Waals surface area contributed by atoms with Crippen LogP contribution in [-0.4, -0.2) is 16.6 Å². The molecule has 0 atom stereocenters. The molecule has 0 saturated carbocycles. The van der Waals surface area contributed by atoms with Gasteiger partial charge in [-0.1, -0.05) is 95.2 Å². The third kappa shape index (κ3) is 4.57. The van der Waals surface area contributed by atoms with E-state index in [2.05, 4.69) is 107 Å². The normalized spacial score (nSPS) is 15.0. The van der Waals surface area contributed by atoms with Crippen molar-refractivity contribution in [3.63, 3.8) is 0 Å². The summed E-state index contributed by atoms with van der Waals surface area (Å²) in [6.45, 7) is 28.3. The van der Waals surface area contributed by atoms with Crippen molar-refractivity contribution < 1.29 is 8.85 Å². The van der Waals surface area contributed by atoms with E-state index < -0.39 is 16.6 Å².